The topological polar surface area (TPSA) is 29.5 Å². The van der Waals surface area contributed by atoms with Crippen LogP contribution in [-0.4, -0.2) is 25.0 Å². The molecule has 0 atom stereocenters. The van der Waals surface area contributed by atoms with Gasteiger partial charge in [0, 0.05) is 18.6 Å². The van der Waals surface area contributed by atoms with Crippen molar-refractivity contribution in [1.29, 1.82) is 0 Å². The van der Waals surface area contributed by atoms with Gasteiger partial charge in [0.2, 0.25) is 0 Å². The Kier molecular flexibility index (Phi) is 5.16. The second kappa shape index (κ2) is 7.34. The van der Waals surface area contributed by atoms with Crippen molar-refractivity contribution >= 4 is 39.9 Å². The summed E-state index contributed by atoms with van der Waals surface area (Å²) in [6, 6.07) is 16.9. The van der Waals surface area contributed by atoms with E-state index in [1.54, 1.807) is 37.3 Å². The van der Waals surface area contributed by atoms with Crippen molar-refractivity contribution < 1.29 is 9.53 Å². The first-order valence-electron chi connectivity index (χ1n) is 7.75. The Hall–Kier alpha value is -2.23. The summed E-state index contributed by atoms with van der Waals surface area (Å²) in [5, 5.41) is 3.06. The fourth-order valence-corrected chi connectivity index (χ4v) is 3.20. The third-order valence-electron chi connectivity index (χ3n) is 4.04. The van der Waals surface area contributed by atoms with Crippen LogP contribution < -0.4 is 4.74 Å². The number of rotatable bonds is 4. The minimum atomic E-state index is -0.142. The maximum absolute atomic E-state index is 12.6. The average Bonchev–Trinajstić information content (AvgIpc) is 2.60. The second-order valence-electron chi connectivity index (χ2n) is 5.83. The predicted octanol–water partition coefficient (Wildman–Crippen LogP) is 5.43. The summed E-state index contributed by atoms with van der Waals surface area (Å²) in [6.07, 6.45) is 0. The van der Waals surface area contributed by atoms with Gasteiger partial charge in [0.25, 0.3) is 5.91 Å². The standard InChI is InChI=1S/C20H17Cl2NO2/c1-23(20(24)18-8-6-16(21)11-19(18)22)12-13-3-4-15-10-17(25-2)7-5-14(15)9-13/h3-11H,12H2,1-2H3. The minimum absolute atomic E-state index is 0.142. The summed E-state index contributed by atoms with van der Waals surface area (Å²) in [5.74, 6) is 0.682. The number of nitrogens with zero attached hydrogens (tertiary/aromatic N) is 1. The Balaban J connectivity index is 1.81. The van der Waals surface area contributed by atoms with E-state index in [9.17, 15) is 4.79 Å². The van der Waals surface area contributed by atoms with Gasteiger partial charge in [-0.25, -0.2) is 0 Å². The van der Waals surface area contributed by atoms with Crippen LogP contribution >= 0.6 is 23.2 Å². The van der Waals surface area contributed by atoms with Gasteiger partial charge in [-0.15, -0.1) is 0 Å². The molecule has 0 unspecified atom stereocenters. The Morgan fingerprint density at radius 3 is 2.44 bits per heavy atom. The van der Waals surface area contributed by atoms with Crippen molar-refractivity contribution in [3.8, 4) is 5.75 Å². The third-order valence-corrected chi connectivity index (χ3v) is 4.59. The van der Waals surface area contributed by atoms with Gasteiger partial charge in [-0.05, 0) is 52.7 Å². The molecular formula is C20H17Cl2NO2. The molecule has 0 fully saturated rings. The molecule has 0 bridgehead atoms. The Morgan fingerprint density at radius 1 is 1.00 bits per heavy atom. The third kappa shape index (κ3) is 3.89. The largest absolute Gasteiger partial charge is 0.497 e. The van der Waals surface area contributed by atoms with Gasteiger partial charge < -0.3 is 9.64 Å². The van der Waals surface area contributed by atoms with Crippen molar-refractivity contribution in [2.75, 3.05) is 14.2 Å². The number of fused-ring (bicyclic) bond motifs is 1. The van der Waals surface area contributed by atoms with Crippen LogP contribution in [0.1, 0.15) is 15.9 Å². The molecule has 3 aromatic rings. The first-order valence-corrected chi connectivity index (χ1v) is 8.51. The van der Waals surface area contributed by atoms with Crippen LogP contribution in [0.5, 0.6) is 5.75 Å². The van der Waals surface area contributed by atoms with Gasteiger partial charge >= 0.3 is 0 Å². The molecule has 0 radical (unpaired) electrons. The average molecular weight is 374 g/mol. The maximum Gasteiger partial charge on any atom is 0.255 e. The van der Waals surface area contributed by atoms with E-state index in [0.717, 1.165) is 22.1 Å². The first kappa shape index (κ1) is 17.6. The predicted molar refractivity (Wildman–Crippen MR) is 103 cm³/mol. The number of carbonyl (C=O) groups is 1. The Labute approximate surface area is 156 Å². The lowest BCUT2D eigenvalue weighted by Crippen LogP contribution is -2.26. The van der Waals surface area contributed by atoms with Gasteiger partial charge in [0.15, 0.2) is 0 Å². The van der Waals surface area contributed by atoms with Crippen LogP contribution in [0.3, 0.4) is 0 Å². The van der Waals surface area contributed by atoms with Crippen LogP contribution in [0.25, 0.3) is 10.8 Å². The van der Waals surface area contributed by atoms with E-state index >= 15 is 0 Å². The molecule has 3 nitrogen and oxygen atoms in total. The highest BCUT2D eigenvalue weighted by molar-refractivity contribution is 6.36. The second-order valence-corrected chi connectivity index (χ2v) is 6.68. The molecule has 0 aliphatic rings. The molecule has 0 N–H and O–H groups in total. The lowest BCUT2D eigenvalue weighted by molar-refractivity contribution is 0.0785. The maximum atomic E-state index is 12.6. The lowest BCUT2D eigenvalue weighted by atomic mass is 10.1. The quantitative estimate of drug-likeness (QED) is 0.610. The van der Waals surface area contributed by atoms with E-state index in [0.29, 0.717) is 22.2 Å². The molecule has 3 rings (SSSR count). The molecule has 0 saturated heterocycles. The summed E-state index contributed by atoms with van der Waals surface area (Å²) in [5.41, 5.74) is 1.48. The molecule has 0 aromatic heterocycles. The zero-order valence-corrected chi connectivity index (χ0v) is 15.4. The number of benzene rings is 3. The molecule has 3 aromatic carbocycles. The Morgan fingerprint density at radius 2 is 1.72 bits per heavy atom. The van der Waals surface area contributed by atoms with E-state index < -0.39 is 0 Å². The molecule has 25 heavy (non-hydrogen) atoms. The first-order chi connectivity index (χ1) is 12.0. The molecule has 0 aliphatic heterocycles. The molecule has 0 saturated carbocycles. The van der Waals surface area contributed by atoms with Crippen molar-refractivity contribution in [3.63, 3.8) is 0 Å². The fraction of sp³-hybridized carbons (Fsp3) is 0.150. The van der Waals surface area contributed by atoms with Crippen LogP contribution in [0, 0.1) is 0 Å². The van der Waals surface area contributed by atoms with Gasteiger partial charge in [-0.2, -0.15) is 0 Å². The summed E-state index contributed by atoms with van der Waals surface area (Å²) < 4.78 is 5.24. The van der Waals surface area contributed by atoms with E-state index in [-0.39, 0.29) is 5.91 Å². The summed E-state index contributed by atoms with van der Waals surface area (Å²) in [6.45, 7) is 0.486. The Bertz CT molecular complexity index is 940. The van der Waals surface area contributed by atoms with Crippen molar-refractivity contribution in [3.05, 3.63) is 75.8 Å². The van der Waals surface area contributed by atoms with Crippen LogP contribution in [0.2, 0.25) is 10.0 Å². The zero-order valence-electron chi connectivity index (χ0n) is 13.9. The van der Waals surface area contributed by atoms with Crippen molar-refractivity contribution in [2.24, 2.45) is 0 Å². The lowest BCUT2D eigenvalue weighted by Gasteiger charge is -2.18. The zero-order chi connectivity index (χ0) is 18.0. The monoisotopic (exact) mass is 373 g/mol. The van der Waals surface area contributed by atoms with Crippen molar-refractivity contribution in [2.45, 2.75) is 6.54 Å². The summed E-state index contributed by atoms with van der Waals surface area (Å²) >= 11 is 12.0. The summed E-state index contributed by atoms with van der Waals surface area (Å²) in [7, 11) is 3.41. The number of methoxy groups -OCH3 is 1. The fourth-order valence-electron chi connectivity index (χ4n) is 2.71. The van der Waals surface area contributed by atoms with E-state index in [4.69, 9.17) is 27.9 Å². The number of hydrogen-bond donors (Lipinski definition) is 0. The number of hydrogen-bond acceptors (Lipinski definition) is 2. The van der Waals surface area contributed by atoms with E-state index in [2.05, 4.69) is 6.07 Å². The number of carbonyl (C=O) groups excluding carboxylic acids is 1. The van der Waals surface area contributed by atoms with Gasteiger partial charge in [0.05, 0.1) is 17.7 Å². The van der Waals surface area contributed by atoms with E-state index in [1.165, 1.54) is 0 Å². The van der Waals surface area contributed by atoms with Gasteiger partial charge in [-0.1, -0.05) is 41.4 Å². The SMILES string of the molecule is COc1ccc2cc(CN(C)C(=O)c3ccc(Cl)cc3Cl)ccc2c1. The molecular weight excluding hydrogens is 357 g/mol. The van der Waals surface area contributed by atoms with Gasteiger partial charge in [0.1, 0.15) is 5.75 Å². The number of halogens is 2. The normalized spacial score (nSPS) is 10.7. The minimum Gasteiger partial charge on any atom is -0.497 e. The molecule has 128 valence electrons. The molecule has 1 amide bonds. The van der Waals surface area contributed by atoms with Crippen LogP contribution in [0.15, 0.2) is 54.6 Å². The molecule has 0 spiro atoms. The highest BCUT2D eigenvalue weighted by Crippen LogP contribution is 2.24. The molecule has 0 aliphatic carbocycles. The van der Waals surface area contributed by atoms with E-state index in [1.807, 2.05) is 30.3 Å². The number of ether oxygens (including phenoxy) is 1. The van der Waals surface area contributed by atoms with Crippen LogP contribution in [0.4, 0.5) is 0 Å². The molecule has 5 heteroatoms. The smallest absolute Gasteiger partial charge is 0.255 e. The van der Waals surface area contributed by atoms with Crippen LogP contribution in [-0.2, 0) is 6.54 Å². The number of amides is 1. The highest BCUT2D eigenvalue weighted by Gasteiger charge is 2.15. The highest BCUT2D eigenvalue weighted by atomic mass is 35.5. The molecule has 0 heterocycles. The summed E-state index contributed by atoms with van der Waals surface area (Å²) in [4.78, 5) is 14.2. The van der Waals surface area contributed by atoms with Crippen molar-refractivity contribution in [1.82, 2.24) is 4.90 Å². The van der Waals surface area contributed by atoms with Gasteiger partial charge in [-0.3, -0.25) is 4.79 Å².